The first-order valence-electron chi connectivity index (χ1n) is 10.5. The van der Waals surface area contributed by atoms with Gasteiger partial charge in [0.25, 0.3) is 0 Å². The van der Waals surface area contributed by atoms with Gasteiger partial charge in [-0.1, -0.05) is 81.4 Å². The second kappa shape index (κ2) is 9.77. The number of hydrogen-bond acceptors (Lipinski definition) is 5. The predicted octanol–water partition coefficient (Wildman–Crippen LogP) is 4.51. The van der Waals surface area contributed by atoms with E-state index in [9.17, 15) is 14.4 Å². The Hall–Kier alpha value is -3.15. The summed E-state index contributed by atoms with van der Waals surface area (Å²) in [7, 11) is 0. The highest BCUT2D eigenvalue weighted by atomic mass is 16.6. The van der Waals surface area contributed by atoms with Crippen molar-refractivity contribution in [1.82, 2.24) is 4.90 Å². The monoisotopic (exact) mass is 423 g/mol. The number of carbonyl (C=O) groups is 3. The first-order chi connectivity index (χ1) is 14.8. The molecule has 0 N–H and O–H groups in total. The van der Waals surface area contributed by atoms with Crippen LogP contribution in [0.15, 0.2) is 60.7 Å². The van der Waals surface area contributed by atoms with Gasteiger partial charge < -0.3 is 9.47 Å². The number of nitrogens with zero attached hydrogens (tertiary/aromatic N) is 1. The van der Waals surface area contributed by atoms with Gasteiger partial charge in [-0.05, 0) is 17.5 Å². The highest BCUT2D eigenvalue weighted by molar-refractivity contribution is 5.90. The maximum Gasteiger partial charge on any atom is 0.413 e. The largest absolute Gasteiger partial charge is 0.444 e. The maximum absolute atomic E-state index is 13.0. The number of cyclic esters (lactones) is 1. The highest BCUT2D eigenvalue weighted by Crippen LogP contribution is 2.34. The van der Waals surface area contributed by atoms with Crippen LogP contribution in [0.3, 0.4) is 0 Å². The number of hydrogen-bond donors (Lipinski definition) is 0. The molecule has 31 heavy (non-hydrogen) atoms. The fourth-order valence-electron chi connectivity index (χ4n) is 3.56. The molecule has 1 heterocycles. The van der Waals surface area contributed by atoms with Gasteiger partial charge in [0.2, 0.25) is 0 Å². The SMILES string of the molecule is CC(C)(C)[C@@H]1OC(=O)[C@H](CC(=O)CCc2ccccc2)N1C(=O)OCc1ccccc1. The van der Waals surface area contributed by atoms with Gasteiger partial charge in [-0.25, -0.2) is 9.59 Å². The summed E-state index contributed by atoms with van der Waals surface area (Å²) in [4.78, 5) is 39.5. The Kier molecular flexibility index (Phi) is 7.10. The molecule has 0 saturated carbocycles. The summed E-state index contributed by atoms with van der Waals surface area (Å²) in [5.41, 5.74) is 1.37. The molecule has 6 nitrogen and oxygen atoms in total. The third kappa shape index (κ3) is 5.94. The van der Waals surface area contributed by atoms with E-state index in [1.165, 1.54) is 4.90 Å². The van der Waals surface area contributed by atoms with Crippen LogP contribution < -0.4 is 0 Å². The van der Waals surface area contributed by atoms with Crippen LogP contribution in [0.4, 0.5) is 4.79 Å². The molecule has 0 unspecified atom stereocenters. The van der Waals surface area contributed by atoms with Gasteiger partial charge in [-0.3, -0.25) is 9.69 Å². The molecule has 0 aliphatic carbocycles. The Morgan fingerprint density at radius 3 is 2.13 bits per heavy atom. The minimum atomic E-state index is -0.976. The van der Waals surface area contributed by atoms with E-state index in [1.54, 1.807) is 0 Å². The number of ether oxygens (including phenoxy) is 2. The molecular weight excluding hydrogens is 394 g/mol. The lowest BCUT2D eigenvalue weighted by atomic mass is 9.93. The third-order valence-corrected chi connectivity index (χ3v) is 5.20. The minimum Gasteiger partial charge on any atom is -0.444 e. The smallest absolute Gasteiger partial charge is 0.413 e. The molecule has 2 aromatic carbocycles. The fraction of sp³-hybridized carbons (Fsp3) is 0.400. The number of rotatable bonds is 7. The molecule has 0 radical (unpaired) electrons. The number of amides is 1. The zero-order chi connectivity index (χ0) is 22.4. The summed E-state index contributed by atoms with van der Waals surface area (Å²) in [5.74, 6) is -0.661. The van der Waals surface area contributed by atoms with E-state index in [0.29, 0.717) is 12.8 Å². The van der Waals surface area contributed by atoms with E-state index in [1.807, 2.05) is 81.4 Å². The Bertz CT molecular complexity index is 905. The number of aryl methyl sites for hydroxylation is 1. The summed E-state index contributed by atoms with van der Waals surface area (Å²) in [6, 6.07) is 18.0. The van der Waals surface area contributed by atoms with Crippen molar-refractivity contribution in [2.24, 2.45) is 5.41 Å². The highest BCUT2D eigenvalue weighted by Gasteiger charge is 2.51. The van der Waals surface area contributed by atoms with E-state index in [-0.39, 0.29) is 18.8 Å². The second-order valence-corrected chi connectivity index (χ2v) is 8.85. The summed E-state index contributed by atoms with van der Waals surface area (Å²) >= 11 is 0. The first kappa shape index (κ1) is 22.5. The van der Waals surface area contributed by atoms with Gasteiger partial charge in [0.1, 0.15) is 18.4 Å². The lowest BCUT2D eigenvalue weighted by molar-refractivity contribution is -0.147. The average Bonchev–Trinajstić information content (AvgIpc) is 3.08. The molecule has 2 atom stereocenters. The summed E-state index contributed by atoms with van der Waals surface area (Å²) in [6.45, 7) is 5.71. The lowest BCUT2D eigenvalue weighted by Gasteiger charge is -2.33. The number of benzene rings is 2. The van der Waals surface area contributed by atoms with Crippen molar-refractivity contribution < 1.29 is 23.9 Å². The Balaban J connectivity index is 1.69. The predicted molar refractivity (Wildman–Crippen MR) is 116 cm³/mol. The van der Waals surface area contributed by atoms with E-state index >= 15 is 0 Å². The van der Waals surface area contributed by atoms with Gasteiger partial charge >= 0.3 is 12.1 Å². The number of carbonyl (C=O) groups excluding carboxylic acids is 3. The van der Waals surface area contributed by atoms with E-state index in [2.05, 4.69) is 0 Å². The molecule has 1 aliphatic rings. The Morgan fingerprint density at radius 2 is 1.55 bits per heavy atom. The molecule has 1 fully saturated rings. The first-order valence-corrected chi connectivity index (χ1v) is 10.5. The normalized spacial score (nSPS) is 18.5. The maximum atomic E-state index is 13.0. The van der Waals surface area contributed by atoms with Crippen LogP contribution in [0.5, 0.6) is 0 Å². The molecule has 1 saturated heterocycles. The zero-order valence-electron chi connectivity index (χ0n) is 18.2. The Labute approximate surface area is 183 Å². The van der Waals surface area contributed by atoms with Crippen molar-refractivity contribution >= 4 is 17.8 Å². The molecule has 0 aromatic heterocycles. The second-order valence-electron chi connectivity index (χ2n) is 8.85. The van der Waals surface area contributed by atoms with Crippen LogP contribution >= 0.6 is 0 Å². The van der Waals surface area contributed by atoms with Crippen molar-refractivity contribution in [2.45, 2.75) is 58.9 Å². The minimum absolute atomic E-state index is 0.0793. The molecular formula is C25H29NO5. The van der Waals surface area contributed by atoms with Gasteiger partial charge in [0.05, 0.1) is 0 Å². The lowest BCUT2D eigenvalue weighted by Crippen LogP contribution is -2.48. The van der Waals surface area contributed by atoms with Gasteiger partial charge in [0, 0.05) is 18.3 Å². The van der Waals surface area contributed by atoms with Crippen molar-refractivity contribution in [3.05, 3.63) is 71.8 Å². The van der Waals surface area contributed by atoms with Crippen LogP contribution in [-0.2, 0) is 32.1 Å². The van der Waals surface area contributed by atoms with Crippen LogP contribution in [0.1, 0.15) is 44.7 Å². The van der Waals surface area contributed by atoms with Crippen molar-refractivity contribution in [1.29, 1.82) is 0 Å². The molecule has 0 spiro atoms. The number of esters is 1. The van der Waals surface area contributed by atoms with Crippen molar-refractivity contribution in [3.63, 3.8) is 0 Å². The Morgan fingerprint density at radius 1 is 0.968 bits per heavy atom. The van der Waals surface area contributed by atoms with Gasteiger partial charge in [-0.15, -0.1) is 0 Å². The quantitative estimate of drug-likeness (QED) is 0.613. The van der Waals surface area contributed by atoms with E-state index < -0.39 is 29.7 Å². The third-order valence-electron chi connectivity index (χ3n) is 5.20. The molecule has 0 bridgehead atoms. The number of Topliss-reactive ketones (excluding diaryl/α,β-unsaturated/α-hetero) is 1. The topological polar surface area (TPSA) is 72.9 Å². The van der Waals surface area contributed by atoms with E-state index in [4.69, 9.17) is 9.47 Å². The standard InChI is InChI=1S/C25H29NO5/c1-25(2,3)23-26(24(29)30-17-19-12-8-5-9-13-19)21(22(28)31-23)16-20(27)15-14-18-10-6-4-7-11-18/h4-13,21,23H,14-17H2,1-3H3/t21-,23-/m0/s1. The van der Waals surface area contributed by atoms with Crippen molar-refractivity contribution in [3.8, 4) is 0 Å². The van der Waals surface area contributed by atoms with Crippen LogP contribution in [0.25, 0.3) is 0 Å². The van der Waals surface area contributed by atoms with Gasteiger partial charge in [-0.2, -0.15) is 0 Å². The van der Waals surface area contributed by atoms with Crippen LogP contribution in [0.2, 0.25) is 0 Å². The average molecular weight is 424 g/mol. The molecule has 3 rings (SSSR count). The zero-order valence-corrected chi connectivity index (χ0v) is 18.2. The van der Waals surface area contributed by atoms with Crippen molar-refractivity contribution in [2.75, 3.05) is 0 Å². The van der Waals surface area contributed by atoms with Gasteiger partial charge in [0.15, 0.2) is 6.23 Å². The number of ketones is 1. The molecule has 1 amide bonds. The van der Waals surface area contributed by atoms with Crippen LogP contribution in [0, 0.1) is 5.41 Å². The fourth-order valence-corrected chi connectivity index (χ4v) is 3.56. The molecule has 2 aromatic rings. The summed E-state index contributed by atoms with van der Waals surface area (Å²) in [5, 5.41) is 0. The van der Waals surface area contributed by atoms with E-state index in [0.717, 1.165) is 11.1 Å². The summed E-state index contributed by atoms with van der Waals surface area (Å²) in [6.07, 6.45) is -0.659. The van der Waals surface area contributed by atoms with Crippen LogP contribution in [-0.4, -0.2) is 35.0 Å². The molecule has 6 heteroatoms. The molecule has 164 valence electrons. The molecule has 1 aliphatic heterocycles. The summed E-state index contributed by atoms with van der Waals surface area (Å²) < 4.78 is 11.0.